The number of rotatable bonds is 21. The van der Waals surface area contributed by atoms with E-state index in [2.05, 4.69) is 26.6 Å². The SMILES string of the molecule is CO[C@H]([C@H](C)CC(=O)NCc1ccccc1)[C@@H]1C(=O)N[C@H]([C@@H](C)OC)C(=O)N(C)CC(=O)N(C)[C@@H](CC(C)C)C(=O)N[C@H](CC(C)C)C(=O)N(C)[C@H](CC(C)C)C(=O)N[C@H](C)C(=O)O[C@@H](C(C)C)C(=O)N(C)[C@H](CC(C)C)C(=O)N[C@H](CC(C)C)C(=O)N(C)[C@H](C(C)C)C(=O)N1C. The number of nitrogens with zero attached hydrogens (tertiary/aromatic N) is 6. The molecule has 0 bridgehead atoms. The molecule has 11 amide bonds. The molecule has 1 saturated heterocycles. The Hall–Kier alpha value is -7.22. The molecule has 0 saturated carbocycles. The quantitative estimate of drug-likeness (QED) is 0.107. The van der Waals surface area contributed by atoms with Gasteiger partial charge in [-0.2, -0.15) is 0 Å². The smallest absolute Gasteiger partial charge is 0.329 e. The number of carbonyl (C=O) groups excluding carboxylic acids is 12. The fraction of sp³-hybridized carbons (Fsp3) is 0.746. The van der Waals surface area contributed by atoms with Crippen molar-refractivity contribution in [3.8, 4) is 0 Å². The highest BCUT2D eigenvalue weighted by Crippen LogP contribution is 2.26. The number of hydrogen-bond acceptors (Lipinski definition) is 15. The third kappa shape index (κ3) is 25.5. The van der Waals surface area contributed by atoms with Crippen LogP contribution in [-0.2, 0) is 78.3 Å². The summed E-state index contributed by atoms with van der Waals surface area (Å²) in [5, 5.41) is 14.2. The van der Waals surface area contributed by atoms with Gasteiger partial charge >= 0.3 is 5.97 Å². The highest BCUT2D eigenvalue weighted by atomic mass is 16.6. The molecule has 0 spiro atoms. The van der Waals surface area contributed by atoms with Crippen LogP contribution in [0.2, 0.25) is 0 Å². The molecule has 550 valence electrons. The van der Waals surface area contributed by atoms with Crippen LogP contribution < -0.4 is 26.6 Å². The summed E-state index contributed by atoms with van der Waals surface area (Å²) < 4.78 is 17.7. The van der Waals surface area contributed by atoms with Crippen LogP contribution in [-0.4, -0.2) is 236 Å². The van der Waals surface area contributed by atoms with Gasteiger partial charge < -0.3 is 70.2 Å². The first-order valence-corrected chi connectivity index (χ1v) is 34.4. The maximum absolute atomic E-state index is 15.6. The van der Waals surface area contributed by atoms with Crippen molar-refractivity contribution in [2.45, 2.75) is 235 Å². The van der Waals surface area contributed by atoms with Crippen molar-refractivity contribution in [2.75, 3.05) is 63.1 Å². The Morgan fingerprint density at radius 2 is 0.938 bits per heavy atom. The van der Waals surface area contributed by atoms with Gasteiger partial charge in [-0.15, -0.1) is 0 Å². The van der Waals surface area contributed by atoms with Crippen molar-refractivity contribution < 1.29 is 71.7 Å². The van der Waals surface area contributed by atoms with Crippen LogP contribution in [0.25, 0.3) is 0 Å². The number of nitrogens with one attached hydrogen (secondary N) is 5. The minimum absolute atomic E-state index is 0.0732. The summed E-state index contributed by atoms with van der Waals surface area (Å²) in [4.78, 5) is 184. The summed E-state index contributed by atoms with van der Waals surface area (Å²) in [6, 6.07) is -2.77. The van der Waals surface area contributed by atoms with Gasteiger partial charge in [0.15, 0.2) is 6.10 Å². The molecule has 97 heavy (non-hydrogen) atoms. The molecule has 1 aliphatic heterocycles. The predicted octanol–water partition coefficient (Wildman–Crippen LogP) is 4.40. The maximum Gasteiger partial charge on any atom is 0.329 e. The number of cyclic esters (lactones) is 1. The first-order chi connectivity index (χ1) is 45.0. The van der Waals surface area contributed by atoms with Gasteiger partial charge in [-0.3, -0.25) is 52.7 Å². The van der Waals surface area contributed by atoms with Crippen molar-refractivity contribution in [1.82, 2.24) is 56.0 Å². The highest BCUT2D eigenvalue weighted by Gasteiger charge is 2.47. The molecule has 26 heteroatoms. The second-order valence-electron chi connectivity index (χ2n) is 29.3. The molecular formula is C71H121N11O15. The third-order valence-electron chi connectivity index (χ3n) is 17.8. The van der Waals surface area contributed by atoms with E-state index in [1.807, 2.05) is 99.6 Å². The van der Waals surface area contributed by atoms with Gasteiger partial charge in [-0.25, -0.2) is 4.79 Å². The molecule has 13 atom stereocenters. The Balaban J connectivity index is 3.10. The van der Waals surface area contributed by atoms with E-state index in [-0.39, 0.29) is 74.7 Å². The number of esters is 1. The van der Waals surface area contributed by atoms with Crippen molar-refractivity contribution >= 4 is 70.9 Å². The van der Waals surface area contributed by atoms with E-state index in [0.29, 0.717) is 0 Å². The first kappa shape index (κ1) is 85.9. The zero-order chi connectivity index (χ0) is 74.4. The van der Waals surface area contributed by atoms with E-state index >= 15 is 14.4 Å². The normalized spacial score (nSPS) is 25.1. The van der Waals surface area contributed by atoms with E-state index in [4.69, 9.17) is 14.2 Å². The van der Waals surface area contributed by atoms with Crippen LogP contribution in [0, 0.1) is 47.3 Å². The van der Waals surface area contributed by atoms with Crippen molar-refractivity contribution in [3.05, 3.63) is 35.9 Å². The van der Waals surface area contributed by atoms with Gasteiger partial charge in [0, 0.05) is 69.5 Å². The van der Waals surface area contributed by atoms with E-state index in [1.165, 1.54) is 90.0 Å². The standard InChI is InChI=1S/C71H121N11O15/c1-39(2)31-50-66(89)79(20)53(34-42(7)8)62(85)73-47(16)71(94)97-60(45(13)14)70(93)80(21)54(35-43(9)10)64(87)75-51(32-40(3)4)67(90)81(22)58(44(11)12)69(92)82(23)59(61(96-25)46(15)36-55(83)72-37-49-29-27-26-28-30-49)65(88)76-57(48(17)95-24)68(91)77(18)38-56(84)78(19)52(33-41(5)6)63(86)74-50/h26-30,39-48,50-54,57-61H,31-38H2,1-25H3,(H,72,83)(H,73,85)(H,74,86)(H,75,87)(H,76,88)/t46-,47-,48-,50-,51-,52+,53-,54-,57-,58-,59-,60+,61-/m1/s1. The number of methoxy groups -OCH3 is 2. The second-order valence-corrected chi connectivity index (χ2v) is 29.3. The summed E-state index contributed by atoms with van der Waals surface area (Å²) in [5.74, 6) is -11.8. The average Bonchev–Trinajstić information content (AvgIpc) is 0.872. The molecule has 0 aromatic heterocycles. The van der Waals surface area contributed by atoms with E-state index < -0.39 is 168 Å². The second kappa shape index (κ2) is 40.0. The molecule has 0 radical (unpaired) electrons. The minimum atomic E-state index is -1.64. The van der Waals surface area contributed by atoms with Crippen LogP contribution in [0.3, 0.4) is 0 Å². The fourth-order valence-corrected chi connectivity index (χ4v) is 12.1. The summed E-state index contributed by atoms with van der Waals surface area (Å²) >= 11 is 0. The van der Waals surface area contributed by atoms with Gasteiger partial charge in [0.1, 0.15) is 54.4 Å². The Morgan fingerprint density at radius 3 is 1.37 bits per heavy atom. The minimum Gasteiger partial charge on any atom is -0.450 e. The van der Waals surface area contributed by atoms with Crippen molar-refractivity contribution in [3.63, 3.8) is 0 Å². The molecule has 0 aliphatic carbocycles. The lowest BCUT2D eigenvalue weighted by atomic mass is 9.91. The topological polar surface area (TPSA) is 312 Å². The van der Waals surface area contributed by atoms with Crippen LogP contribution in [0.1, 0.15) is 162 Å². The largest absolute Gasteiger partial charge is 0.450 e. The molecule has 1 aromatic rings. The molecule has 1 aliphatic rings. The Morgan fingerprint density at radius 1 is 0.505 bits per heavy atom. The van der Waals surface area contributed by atoms with Crippen LogP contribution in [0.15, 0.2) is 30.3 Å². The monoisotopic (exact) mass is 1370 g/mol. The molecule has 1 aromatic carbocycles. The van der Waals surface area contributed by atoms with Crippen LogP contribution in [0.5, 0.6) is 0 Å². The number of likely N-dealkylation sites (N-methyl/N-ethyl adjacent to an activating group) is 6. The molecule has 0 unspecified atom stereocenters. The van der Waals surface area contributed by atoms with Crippen LogP contribution in [0.4, 0.5) is 0 Å². The lowest BCUT2D eigenvalue weighted by Crippen LogP contribution is -2.64. The fourth-order valence-electron chi connectivity index (χ4n) is 12.1. The van der Waals surface area contributed by atoms with Gasteiger partial charge in [-0.1, -0.05) is 134 Å². The summed E-state index contributed by atoms with van der Waals surface area (Å²) in [5.41, 5.74) is 0.832. The lowest BCUT2D eigenvalue weighted by Gasteiger charge is -2.41. The third-order valence-corrected chi connectivity index (χ3v) is 17.8. The zero-order valence-corrected chi connectivity index (χ0v) is 62.9. The molecular weight excluding hydrogens is 1250 g/mol. The molecule has 26 nitrogen and oxygen atoms in total. The number of amides is 11. The maximum atomic E-state index is 15.6. The number of benzene rings is 1. The van der Waals surface area contributed by atoms with Crippen molar-refractivity contribution in [1.29, 1.82) is 0 Å². The van der Waals surface area contributed by atoms with Gasteiger partial charge in [0.25, 0.3) is 5.91 Å². The summed E-state index contributed by atoms with van der Waals surface area (Å²) in [6.07, 6.45) is -3.51. The zero-order valence-electron chi connectivity index (χ0n) is 62.9. The van der Waals surface area contributed by atoms with E-state index in [0.717, 1.165) is 15.4 Å². The molecule has 2 rings (SSSR count). The molecule has 1 fully saturated rings. The first-order valence-electron chi connectivity index (χ1n) is 34.4. The summed E-state index contributed by atoms with van der Waals surface area (Å²) in [7, 11) is 11.0. The van der Waals surface area contributed by atoms with Gasteiger partial charge in [-0.05, 0) is 98.9 Å². The molecule has 1 heterocycles. The molecule has 5 N–H and O–H groups in total. The van der Waals surface area contributed by atoms with Gasteiger partial charge in [0.05, 0.1) is 18.8 Å². The Bertz CT molecular complexity index is 2800. The van der Waals surface area contributed by atoms with Crippen molar-refractivity contribution in [2.24, 2.45) is 47.3 Å². The lowest BCUT2D eigenvalue weighted by molar-refractivity contribution is -0.166. The predicted molar refractivity (Wildman–Crippen MR) is 370 cm³/mol. The van der Waals surface area contributed by atoms with E-state index in [9.17, 15) is 43.2 Å². The van der Waals surface area contributed by atoms with E-state index in [1.54, 1.807) is 34.6 Å². The number of ether oxygens (including phenoxy) is 3. The Labute approximate surface area is 578 Å². The highest BCUT2D eigenvalue weighted by molar-refractivity contribution is 5.99. The van der Waals surface area contributed by atoms with Crippen LogP contribution >= 0.6 is 0 Å². The average molecular weight is 1370 g/mol. The van der Waals surface area contributed by atoms with Gasteiger partial charge in [0.2, 0.25) is 59.1 Å². The number of carbonyl (C=O) groups is 12. The Kier molecular flexibility index (Phi) is 35.4. The number of hydrogen-bond donors (Lipinski definition) is 5. The summed E-state index contributed by atoms with van der Waals surface area (Å²) in [6.45, 7) is 29.4.